The summed E-state index contributed by atoms with van der Waals surface area (Å²) in [5.74, 6) is 0.631. The number of carbonyl (C=O) groups is 1. The van der Waals surface area contributed by atoms with E-state index < -0.39 is 0 Å². The Morgan fingerprint density at radius 3 is 3.11 bits per heavy atom. The molecule has 0 spiro atoms. The van der Waals surface area contributed by atoms with E-state index in [2.05, 4.69) is 5.32 Å². The molecule has 1 aromatic rings. The first-order valence-corrected chi connectivity index (χ1v) is 6.60. The lowest BCUT2D eigenvalue weighted by atomic mass is 10.2. The largest absolute Gasteiger partial charge is 0.484 e. The molecular weight excluding hydrogens is 244 g/mol. The zero-order valence-electron chi connectivity index (χ0n) is 11.0. The monoisotopic (exact) mass is 264 g/mol. The molecule has 19 heavy (non-hydrogen) atoms. The molecule has 0 radical (unpaired) electrons. The zero-order valence-corrected chi connectivity index (χ0v) is 11.0. The van der Waals surface area contributed by atoms with E-state index in [0.717, 1.165) is 38.2 Å². The third kappa shape index (κ3) is 4.22. The Balaban J connectivity index is 1.84. The molecular formula is C14H20N2O3. The van der Waals surface area contributed by atoms with E-state index >= 15 is 0 Å². The number of hydrogen-bond acceptors (Lipinski definition) is 4. The molecule has 104 valence electrons. The second kappa shape index (κ2) is 7.11. The highest BCUT2D eigenvalue weighted by Crippen LogP contribution is 2.13. The molecule has 1 heterocycles. The number of benzene rings is 1. The van der Waals surface area contributed by atoms with E-state index in [-0.39, 0.29) is 19.1 Å². The minimum atomic E-state index is -0.0249. The standard InChI is InChI=1S/C14H20N2O3/c17-10-12-3-1-4-13(9-12)19-11-14(18)16-7-2-5-15-6-8-16/h1,3-4,9,15,17H,2,5-8,10-11H2. The van der Waals surface area contributed by atoms with Crippen molar-refractivity contribution in [2.24, 2.45) is 0 Å². The van der Waals surface area contributed by atoms with Gasteiger partial charge in [-0.05, 0) is 30.7 Å². The van der Waals surface area contributed by atoms with Crippen LogP contribution in [-0.4, -0.2) is 48.7 Å². The van der Waals surface area contributed by atoms with Gasteiger partial charge in [-0.2, -0.15) is 0 Å². The zero-order chi connectivity index (χ0) is 13.5. The van der Waals surface area contributed by atoms with E-state index in [1.165, 1.54) is 0 Å². The number of aliphatic hydroxyl groups excluding tert-OH is 1. The highest BCUT2D eigenvalue weighted by atomic mass is 16.5. The number of nitrogens with zero attached hydrogens (tertiary/aromatic N) is 1. The van der Waals surface area contributed by atoms with Crippen molar-refractivity contribution < 1.29 is 14.6 Å². The molecule has 5 heteroatoms. The van der Waals surface area contributed by atoms with E-state index in [9.17, 15) is 4.79 Å². The van der Waals surface area contributed by atoms with Gasteiger partial charge in [0.2, 0.25) is 0 Å². The topological polar surface area (TPSA) is 61.8 Å². The van der Waals surface area contributed by atoms with Crippen LogP contribution in [0.5, 0.6) is 5.75 Å². The first-order valence-electron chi connectivity index (χ1n) is 6.60. The van der Waals surface area contributed by atoms with E-state index in [4.69, 9.17) is 9.84 Å². The smallest absolute Gasteiger partial charge is 0.260 e. The molecule has 0 aliphatic carbocycles. The number of aliphatic hydroxyl groups is 1. The summed E-state index contributed by atoms with van der Waals surface area (Å²) < 4.78 is 5.48. The molecule has 0 bridgehead atoms. The first kappa shape index (κ1) is 13.8. The molecule has 0 saturated carbocycles. The summed E-state index contributed by atoms with van der Waals surface area (Å²) in [5.41, 5.74) is 0.781. The number of amides is 1. The van der Waals surface area contributed by atoms with Crippen LogP contribution in [0.4, 0.5) is 0 Å². The number of ether oxygens (including phenoxy) is 1. The number of carbonyl (C=O) groups excluding carboxylic acids is 1. The van der Waals surface area contributed by atoms with Crippen LogP contribution in [0.1, 0.15) is 12.0 Å². The molecule has 1 aliphatic rings. The van der Waals surface area contributed by atoms with Crippen LogP contribution in [0.25, 0.3) is 0 Å². The summed E-state index contributed by atoms with van der Waals surface area (Å²) in [6.45, 7) is 3.34. The third-order valence-electron chi connectivity index (χ3n) is 3.14. The Bertz CT molecular complexity index is 415. The fourth-order valence-electron chi connectivity index (χ4n) is 2.07. The number of hydrogen-bond donors (Lipinski definition) is 2. The average Bonchev–Trinajstić information content (AvgIpc) is 2.74. The van der Waals surface area contributed by atoms with Gasteiger partial charge >= 0.3 is 0 Å². The normalized spacial score (nSPS) is 15.9. The van der Waals surface area contributed by atoms with Gasteiger partial charge in [0, 0.05) is 19.6 Å². The van der Waals surface area contributed by atoms with Crippen molar-refractivity contribution in [3.05, 3.63) is 29.8 Å². The van der Waals surface area contributed by atoms with Crippen LogP contribution in [0, 0.1) is 0 Å². The summed E-state index contributed by atoms with van der Waals surface area (Å²) in [6, 6.07) is 7.16. The molecule has 0 aromatic heterocycles. The van der Waals surface area contributed by atoms with Crippen LogP contribution in [-0.2, 0) is 11.4 Å². The van der Waals surface area contributed by atoms with Gasteiger partial charge in [-0.15, -0.1) is 0 Å². The first-order chi connectivity index (χ1) is 9.29. The minimum absolute atomic E-state index is 0.0121. The van der Waals surface area contributed by atoms with Crippen molar-refractivity contribution in [3.63, 3.8) is 0 Å². The summed E-state index contributed by atoms with van der Waals surface area (Å²) in [5, 5.41) is 12.3. The Labute approximate surface area is 113 Å². The van der Waals surface area contributed by atoms with Gasteiger partial charge in [0.1, 0.15) is 5.75 Å². The fourth-order valence-corrected chi connectivity index (χ4v) is 2.07. The lowest BCUT2D eigenvalue weighted by molar-refractivity contribution is -0.133. The van der Waals surface area contributed by atoms with Crippen LogP contribution < -0.4 is 10.1 Å². The molecule has 1 aliphatic heterocycles. The van der Waals surface area contributed by atoms with Crippen molar-refractivity contribution in [2.75, 3.05) is 32.8 Å². The van der Waals surface area contributed by atoms with Crippen LogP contribution in [0.2, 0.25) is 0 Å². The molecule has 2 N–H and O–H groups in total. The fraction of sp³-hybridized carbons (Fsp3) is 0.500. The maximum Gasteiger partial charge on any atom is 0.260 e. The second-order valence-corrected chi connectivity index (χ2v) is 4.58. The van der Waals surface area contributed by atoms with E-state index in [1.807, 2.05) is 11.0 Å². The lowest BCUT2D eigenvalue weighted by Gasteiger charge is -2.20. The maximum atomic E-state index is 12.0. The van der Waals surface area contributed by atoms with Gasteiger partial charge in [0.25, 0.3) is 5.91 Å². The Morgan fingerprint density at radius 2 is 2.26 bits per heavy atom. The number of nitrogens with one attached hydrogen (secondary N) is 1. The Hall–Kier alpha value is -1.59. The molecule has 0 atom stereocenters. The average molecular weight is 264 g/mol. The van der Waals surface area contributed by atoms with Gasteiger partial charge in [-0.25, -0.2) is 0 Å². The predicted molar refractivity (Wildman–Crippen MR) is 71.9 cm³/mol. The lowest BCUT2D eigenvalue weighted by Crippen LogP contribution is -2.37. The summed E-state index contributed by atoms with van der Waals surface area (Å²) in [6.07, 6.45) is 0.978. The summed E-state index contributed by atoms with van der Waals surface area (Å²) >= 11 is 0. The molecule has 1 amide bonds. The van der Waals surface area contributed by atoms with Gasteiger partial charge < -0.3 is 20.1 Å². The molecule has 2 rings (SSSR count). The minimum Gasteiger partial charge on any atom is -0.484 e. The molecule has 1 aromatic carbocycles. The van der Waals surface area contributed by atoms with Crippen molar-refractivity contribution in [1.82, 2.24) is 10.2 Å². The van der Waals surface area contributed by atoms with Crippen molar-refractivity contribution in [1.29, 1.82) is 0 Å². The van der Waals surface area contributed by atoms with Crippen LogP contribution in [0.15, 0.2) is 24.3 Å². The van der Waals surface area contributed by atoms with Crippen molar-refractivity contribution in [3.8, 4) is 5.75 Å². The van der Waals surface area contributed by atoms with E-state index in [1.54, 1.807) is 18.2 Å². The van der Waals surface area contributed by atoms with Gasteiger partial charge in [-0.1, -0.05) is 12.1 Å². The van der Waals surface area contributed by atoms with Crippen molar-refractivity contribution >= 4 is 5.91 Å². The predicted octanol–water partition coefficient (Wildman–Crippen LogP) is 0.380. The molecule has 1 fully saturated rings. The SMILES string of the molecule is O=C(COc1cccc(CO)c1)N1CCCNCC1. The third-order valence-corrected chi connectivity index (χ3v) is 3.14. The molecule has 1 saturated heterocycles. The quantitative estimate of drug-likeness (QED) is 0.825. The van der Waals surface area contributed by atoms with Crippen LogP contribution in [0.3, 0.4) is 0 Å². The maximum absolute atomic E-state index is 12.0. The Kier molecular flexibility index (Phi) is 5.18. The number of rotatable bonds is 4. The molecule has 0 unspecified atom stereocenters. The highest BCUT2D eigenvalue weighted by Gasteiger charge is 2.15. The molecule has 5 nitrogen and oxygen atoms in total. The summed E-state index contributed by atoms with van der Waals surface area (Å²) in [4.78, 5) is 13.8. The van der Waals surface area contributed by atoms with Crippen LogP contribution >= 0.6 is 0 Å². The highest BCUT2D eigenvalue weighted by molar-refractivity contribution is 5.77. The Morgan fingerprint density at radius 1 is 1.37 bits per heavy atom. The summed E-state index contributed by atoms with van der Waals surface area (Å²) in [7, 11) is 0. The van der Waals surface area contributed by atoms with Gasteiger partial charge in [0.15, 0.2) is 6.61 Å². The van der Waals surface area contributed by atoms with Gasteiger partial charge in [0.05, 0.1) is 6.61 Å². The van der Waals surface area contributed by atoms with E-state index in [0.29, 0.717) is 5.75 Å². The van der Waals surface area contributed by atoms with Gasteiger partial charge in [-0.3, -0.25) is 4.79 Å². The second-order valence-electron chi connectivity index (χ2n) is 4.58. The van der Waals surface area contributed by atoms with Crippen molar-refractivity contribution in [2.45, 2.75) is 13.0 Å².